The molecular formula is C46H52ClF2N11O3. The number of carbonyl (C=O) groups is 2. The number of aryl methyl sites for hydroxylation is 3. The van der Waals surface area contributed by atoms with Gasteiger partial charge in [-0.2, -0.15) is 15.5 Å². The Balaban J connectivity index is 0.938. The number of nitriles is 1. The summed E-state index contributed by atoms with van der Waals surface area (Å²) in [6, 6.07) is 10.3. The number of aromatic nitrogens is 6. The molecule has 63 heavy (non-hydrogen) atoms. The van der Waals surface area contributed by atoms with E-state index in [0.717, 1.165) is 35.3 Å². The Labute approximate surface area is 370 Å². The van der Waals surface area contributed by atoms with Crippen molar-refractivity contribution < 1.29 is 23.1 Å². The van der Waals surface area contributed by atoms with Crippen LogP contribution in [0, 0.1) is 22.2 Å². The predicted octanol–water partition coefficient (Wildman–Crippen LogP) is 7.66. The predicted molar refractivity (Wildman–Crippen MR) is 235 cm³/mol. The van der Waals surface area contributed by atoms with Crippen LogP contribution in [0.4, 0.5) is 26.2 Å². The van der Waals surface area contributed by atoms with Crippen LogP contribution in [0.5, 0.6) is 5.75 Å². The third kappa shape index (κ3) is 8.19. The Morgan fingerprint density at radius 3 is 2.48 bits per heavy atom. The number of anilines is 3. The van der Waals surface area contributed by atoms with E-state index in [1.165, 1.54) is 12.4 Å². The van der Waals surface area contributed by atoms with Gasteiger partial charge in [-0.1, -0.05) is 39.3 Å². The first-order valence-electron chi connectivity index (χ1n) is 21.2. The molecule has 2 aliphatic heterocycles. The maximum absolute atomic E-state index is 14.7. The molecule has 2 amide bonds. The number of nitrogens with one attached hydrogen (secondary N) is 1. The fourth-order valence-electron chi connectivity index (χ4n) is 10.0. The van der Waals surface area contributed by atoms with Crippen molar-refractivity contribution in [2.24, 2.45) is 17.9 Å². The Morgan fingerprint density at radius 2 is 1.83 bits per heavy atom. The number of fused-ring (bicyclic) bond motifs is 2. The number of rotatable bonds is 12. The van der Waals surface area contributed by atoms with Crippen LogP contribution in [-0.4, -0.2) is 85.1 Å². The average Bonchev–Trinajstić information content (AvgIpc) is 3.86. The Bertz CT molecular complexity index is 2580. The van der Waals surface area contributed by atoms with Gasteiger partial charge in [-0.15, -0.1) is 0 Å². The van der Waals surface area contributed by atoms with E-state index >= 15 is 0 Å². The van der Waals surface area contributed by atoms with Crippen LogP contribution in [0.1, 0.15) is 92.2 Å². The first-order chi connectivity index (χ1) is 30.0. The monoisotopic (exact) mass is 879 g/mol. The highest BCUT2D eigenvalue weighted by molar-refractivity contribution is 6.31. The summed E-state index contributed by atoms with van der Waals surface area (Å²) in [6.07, 6.45) is 6.39. The topological polar surface area (TPSA) is 150 Å². The molecule has 0 bridgehead atoms. The fraction of sp³-hybridized carbons (Fsp3) is 0.457. The van der Waals surface area contributed by atoms with E-state index in [-0.39, 0.29) is 29.5 Å². The zero-order valence-corrected chi connectivity index (χ0v) is 37.4. The highest BCUT2D eigenvalue weighted by Crippen LogP contribution is 2.55. The SMILES string of the molecule is CC(=O)N1CCc2c(c(N3CCCc4cc(-c5cnn(C)c5)c(C(F)F)cc43)nn2CCCN(C)c2ncc(C(=O)NC3C(C)(C)C(Oc4ccc(C#N)c(Cl)c4)C3(C)C)cn2)C1. The molecule has 1 saturated carbocycles. The third-order valence-electron chi connectivity index (χ3n) is 13.0. The van der Waals surface area contributed by atoms with Gasteiger partial charge in [0, 0.05) is 123 Å². The molecule has 8 rings (SSSR count). The van der Waals surface area contributed by atoms with Gasteiger partial charge in [-0.05, 0) is 54.7 Å². The van der Waals surface area contributed by atoms with E-state index in [4.69, 9.17) is 21.4 Å². The van der Waals surface area contributed by atoms with Gasteiger partial charge < -0.3 is 24.8 Å². The number of alkyl halides is 2. The molecule has 3 aromatic heterocycles. The number of nitrogens with zero attached hydrogens (tertiary/aromatic N) is 10. The average molecular weight is 880 g/mol. The van der Waals surface area contributed by atoms with E-state index in [0.29, 0.717) is 90.4 Å². The molecule has 330 valence electrons. The molecule has 14 nitrogen and oxygen atoms in total. The molecule has 17 heteroatoms. The van der Waals surface area contributed by atoms with E-state index in [1.807, 2.05) is 55.3 Å². The minimum atomic E-state index is -2.69. The molecule has 1 aliphatic carbocycles. The lowest BCUT2D eigenvalue weighted by Gasteiger charge is -2.63. The van der Waals surface area contributed by atoms with Gasteiger partial charge in [0.25, 0.3) is 12.3 Å². The second-order valence-corrected chi connectivity index (χ2v) is 18.4. The van der Waals surface area contributed by atoms with Crippen LogP contribution in [0.3, 0.4) is 0 Å². The quantitative estimate of drug-likeness (QED) is 0.132. The molecule has 1 fully saturated rings. The largest absolute Gasteiger partial charge is 0.489 e. The van der Waals surface area contributed by atoms with Crippen molar-refractivity contribution in [1.82, 2.24) is 39.7 Å². The molecule has 3 aliphatic rings. The molecular weight excluding hydrogens is 828 g/mol. The molecule has 5 heterocycles. The number of hydrogen-bond acceptors (Lipinski definition) is 10. The van der Waals surface area contributed by atoms with Crippen molar-refractivity contribution >= 4 is 40.9 Å². The molecule has 0 radical (unpaired) electrons. The lowest BCUT2D eigenvalue weighted by Crippen LogP contribution is -2.74. The normalized spacial score (nSPS) is 18.6. The van der Waals surface area contributed by atoms with Crippen LogP contribution < -0.4 is 19.9 Å². The van der Waals surface area contributed by atoms with Gasteiger partial charge in [-0.3, -0.25) is 19.0 Å². The maximum atomic E-state index is 14.7. The summed E-state index contributed by atoms with van der Waals surface area (Å²) in [5.41, 5.74) is 4.61. The summed E-state index contributed by atoms with van der Waals surface area (Å²) in [6.45, 7) is 12.5. The van der Waals surface area contributed by atoms with E-state index < -0.39 is 17.3 Å². The Morgan fingerprint density at radius 1 is 1.08 bits per heavy atom. The zero-order chi connectivity index (χ0) is 45.0. The van der Waals surface area contributed by atoms with E-state index in [9.17, 15) is 23.6 Å². The second kappa shape index (κ2) is 16.9. The van der Waals surface area contributed by atoms with Crippen molar-refractivity contribution in [2.75, 3.05) is 36.5 Å². The maximum Gasteiger partial charge on any atom is 0.264 e. The van der Waals surface area contributed by atoms with Crippen LogP contribution >= 0.6 is 11.6 Å². The van der Waals surface area contributed by atoms with Crippen LogP contribution in [-0.2, 0) is 37.8 Å². The third-order valence-corrected chi connectivity index (χ3v) is 13.3. The van der Waals surface area contributed by atoms with E-state index in [1.54, 1.807) is 55.3 Å². The van der Waals surface area contributed by atoms with Crippen LogP contribution in [0.25, 0.3) is 11.1 Å². The highest BCUT2D eigenvalue weighted by atomic mass is 35.5. The van der Waals surface area contributed by atoms with Gasteiger partial charge >= 0.3 is 0 Å². The minimum Gasteiger partial charge on any atom is -0.489 e. The number of carbonyl (C=O) groups excluding carboxylic acids is 2. The minimum absolute atomic E-state index is 0.0224. The van der Waals surface area contributed by atoms with E-state index in [2.05, 4.69) is 31.4 Å². The molecule has 1 N–H and O–H groups in total. The molecule has 0 saturated heterocycles. The molecule has 2 aromatic carbocycles. The summed E-state index contributed by atoms with van der Waals surface area (Å²) >= 11 is 6.26. The summed E-state index contributed by atoms with van der Waals surface area (Å²) in [4.78, 5) is 41.0. The lowest BCUT2D eigenvalue weighted by atomic mass is 9.49. The first kappa shape index (κ1) is 43.6. The summed E-state index contributed by atoms with van der Waals surface area (Å²) in [5, 5.41) is 22.1. The van der Waals surface area contributed by atoms with Crippen LogP contribution in [0.15, 0.2) is 55.1 Å². The Hall–Kier alpha value is -6.08. The molecule has 0 unspecified atom stereocenters. The smallest absolute Gasteiger partial charge is 0.264 e. The van der Waals surface area contributed by atoms with Crippen molar-refractivity contribution in [3.63, 3.8) is 0 Å². The number of halogens is 3. The fourth-order valence-corrected chi connectivity index (χ4v) is 10.2. The molecule has 0 spiro atoms. The number of ether oxygens (including phenoxy) is 1. The summed E-state index contributed by atoms with van der Waals surface area (Å²) in [5.74, 6) is 1.42. The molecule has 0 atom stereocenters. The van der Waals surface area contributed by atoms with Crippen molar-refractivity contribution in [3.05, 3.63) is 93.7 Å². The van der Waals surface area contributed by atoms with Gasteiger partial charge in [0.15, 0.2) is 5.82 Å². The van der Waals surface area contributed by atoms with Gasteiger partial charge in [-0.25, -0.2) is 18.7 Å². The van der Waals surface area contributed by atoms with Crippen molar-refractivity contribution in [2.45, 2.75) is 92.0 Å². The summed E-state index contributed by atoms with van der Waals surface area (Å²) < 4.78 is 39.3. The highest BCUT2D eigenvalue weighted by Gasteiger charge is 2.64. The van der Waals surface area contributed by atoms with Gasteiger partial charge in [0.05, 0.1) is 28.9 Å². The van der Waals surface area contributed by atoms with Crippen molar-refractivity contribution in [3.8, 4) is 22.9 Å². The van der Waals surface area contributed by atoms with Gasteiger partial charge in [0.2, 0.25) is 11.9 Å². The second-order valence-electron chi connectivity index (χ2n) is 18.0. The Kier molecular flexibility index (Phi) is 11.7. The molecule has 5 aromatic rings. The zero-order valence-electron chi connectivity index (χ0n) is 36.6. The lowest BCUT2D eigenvalue weighted by molar-refractivity contribution is -0.164. The first-order valence-corrected chi connectivity index (χ1v) is 21.6. The van der Waals surface area contributed by atoms with Crippen molar-refractivity contribution in [1.29, 1.82) is 5.26 Å². The number of amides is 2. The van der Waals surface area contributed by atoms with Gasteiger partial charge in [0.1, 0.15) is 17.9 Å². The standard InChI is InChI=1S/C46H52ClF2N11O3/c1-27(61)58-17-13-37-35(26-58)40(59-15-8-10-28-18-33(31-24-53-57(7)25-31)34(39(48)49)20-38(28)59)55-60(37)16-9-14-56(6)44-51-22-30(23-52-44)41(62)54-42-45(2,3)43(46(42,4)5)63-32-12-11-29(21-50)36(47)19-32/h11-12,18-20,22-25,39,42-43H,8-10,13-17,26H2,1-7H3,(H,54,62). The number of hydrogen-bond donors (Lipinski definition) is 1. The summed E-state index contributed by atoms with van der Waals surface area (Å²) in [7, 11) is 3.67. The number of benzene rings is 2. The van der Waals surface area contributed by atoms with Crippen LogP contribution in [0.2, 0.25) is 5.02 Å².